The molecule has 0 saturated carbocycles. The van der Waals surface area contributed by atoms with Gasteiger partial charge in [-0.25, -0.2) is 0 Å². The average molecular weight is 207 g/mol. The summed E-state index contributed by atoms with van der Waals surface area (Å²) < 4.78 is 10.3. The molecular weight excluding hydrogens is 192 g/mol. The molecule has 0 spiro atoms. The minimum absolute atomic E-state index is 0.0944. The number of carbonyl (C=O) groups excluding carboxylic acids is 1. The van der Waals surface area contributed by atoms with Crippen molar-refractivity contribution in [3.8, 4) is 11.5 Å². The fraction of sp³-hybridized carbons (Fsp3) is 0.417. The van der Waals surface area contributed by atoms with E-state index in [4.69, 9.17) is 9.47 Å². The maximum absolute atomic E-state index is 10.4. The summed E-state index contributed by atoms with van der Waals surface area (Å²) in [4.78, 5) is 10.4. The van der Waals surface area contributed by atoms with Gasteiger partial charge in [0.15, 0.2) is 11.5 Å². The van der Waals surface area contributed by atoms with Gasteiger partial charge in [-0.2, -0.15) is 0 Å². The fourth-order valence-electron chi connectivity index (χ4n) is 1.40. The first kappa shape index (κ1) is 11.6. The lowest BCUT2D eigenvalue weighted by Crippen LogP contribution is -2.01. The second-order valence-electron chi connectivity index (χ2n) is 3.41. The molecule has 0 N–H and O–H groups in total. The topological polar surface area (TPSA) is 35.5 Å². The van der Waals surface area contributed by atoms with Crippen LogP contribution in [-0.4, -0.2) is 20.5 Å². The quantitative estimate of drug-likeness (QED) is 0.740. The van der Waals surface area contributed by atoms with Crippen molar-refractivity contribution in [3.63, 3.8) is 0 Å². The lowest BCUT2D eigenvalue weighted by atomic mass is 10.0. The van der Waals surface area contributed by atoms with Crippen LogP contribution in [0.15, 0.2) is 18.2 Å². The summed E-state index contributed by atoms with van der Waals surface area (Å²) in [5, 5.41) is 0. The molecule has 0 bridgehead atoms. The summed E-state index contributed by atoms with van der Waals surface area (Å²) in [6, 6.07) is 5.65. The maximum Gasteiger partial charge on any atom is 0.201 e. The Bertz CT molecular complexity index is 334. The normalized spacial score (nSPS) is 11.9. The molecule has 0 amide bonds. The molecule has 3 heteroatoms. The van der Waals surface area contributed by atoms with Gasteiger partial charge in [-0.1, -0.05) is 13.0 Å². The second-order valence-corrected chi connectivity index (χ2v) is 3.41. The zero-order valence-corrected chi connectivity index (χ0v) is 9.24. The molecule has 81 valence electrons. The van der Waals surface area contributed by atoms with Crippen molar-refractivity contribution in [2.45, 2.75) is 13.3 Å². The van der Waals surface area contributed by atoms with Gasteiger partial charge in [0.05, 0.1) is 14.2 Å². The van der Waals surface area contributed by atoms with Crippen LogP contribution in [0.5, 0.6) is 11.5 Å². The number of methoxy groups -OCH3 is 2. The van der Waals surface area contributed by atoms with Gasteiger partial charge in [-0.05, 0) is 24.1 Å². The van der Waals surface area contributed by atoms with Gasteiger partial charge in [-0.3, -0.25) is 4.79 Å². The molecule has 0 aromatic heterocycles. The van der Waals surface area contributed by atoms with E-state index in [1.165, 1.54) is 0 Å². The van der Waals surface area contributed by atoms with Crippen molar-refractivity contribution in [1.82, 2.24) is 0 Å². The molecule has 0 fully saturated rings. The Balaban J connectivity index is 2.87. The smallest absolute Gasteiger partial charge is 0.201 e. The zero-order chi connectivity index (χ0) is 11.3. The highest BCUT2D eigenvalue weighted by Crippen LogP contribution is 2.28. The molecule has 0 aliphatic carbocycles. The summed E-state index contributed by atoms with van der Waals surface area (Å²) in [6.07, 6.45) is 2.63. The molecule has 1 aromatic carbocycles. The predicted molar refractivity (Wildman–Crippen MR) is 58.1 cm³/mol. The van der Waals surface area contributed by atoms with Gasteiger partial charge in [0.2, 0.25) is 6.29 Å². The monoisotopic (exact) mass is 207 g/mol. The van der Waals surface area contributed by atoms with Crippen LogP contribution in [0, 0.1) is 5.92 Å². The Morgan fingerprint density at radius 3 is 2.47 bits per heavy atom. The van der Waals surface area contributed by atoms with E-state index in [0.717, 1.165) is 5.56 Å². The minimum Gasteiger partial charge on any atom is -0.493 e. The van der Waals surface area contributed by atoms with E-state index >= 15 is 0 Å². The van der Waals surface area contributed by atoms with Gasteiger partial charge in [-0.15, -0.1) is 0 Å². The van der Waals surface area contributed by atoms with Gasteiger partial charge in [0, 0.05) is 5.92 Å². The third-order valence-corrected chi connectivity index (χ3v) is 2.19. The van der Waals surface area contributed by atoms with Crippen LogP contribution >= 0.6 is 0 Å². The third-order valence-electron chi connectivity index (χ3n) is 2.19. The zero-order valence-electron chi connectivity index (χ0n) is 9.24. The van der Waals surface area contributed by atoms with Crippen molar-refractivity contribution >= 4 is 6.29 Å². The molecular formula is C12H15O3. The Kier molecular flexibility index (Phi) is 4.16. The van der Waals surface area contributed by atoms with E-state index in [9.17, 15) is 4.79 Å². The Morgan fingerprint density at radius 1 is 1.27 bits per heavy atom. The first-order valence-electron chi connectivity index (χ1n) is 4.79. The van der Waals surface area contributed by atoms with Crippen LogP contribution < -0.4 is 9.47 Å². The molecule has 0 aliphatic heterocycles. The highest BCUT2D eigenvalue weighted by atomic mass is 16.5. The molecule has 1 aromatic rings. The minimum atomic E-state index is -0.0944. The first-order valence-corrected chi connectivity index (χ1v) is 4.79. The number of ether oxygens (including phenoxy) is 2. The summed E-state index contributed by atoms with van der Waals surface area (Å²) in [7, 11) is 3.19. The van der Waals surface area contributed by atoms with E-state index in [2.05, 4.69) is 0 Å². The molecule has 0 aliphatic rings. The van der Waals surface area contributed by atoms with Gasteiger partial charge in [0.25, 0.3) is 0 Å². The van der Waals surface area contributed by atoms with E-state index in [-0.39, 0.29) is 5.92 Å². The van der Waals surface area contributed by atoms with Crippen LogP contribution in [0.4, 0.5) is 0 Å². The van der Waals surface area contributed by atoms with Crippen molar-refractivity contribution < 1.29 is 14.3 Å². The standard InChI is InChI=1S/C12H15O3/c1-9(8-13)6-10-4-5-11(14-2)12(7-10)15-3/h4-5,7,9H,6H2,1-3H3. The summed E-state index contributed by atoms with van der Waals surface area (Å²) in [6.45, 7) is 1.84. The maximum atomic E-state index is 10.4. The largest absolute Gasteiger partial charge is 0.493 e. The average Bonchev–Trinajstić information content (AvgIpc) is 2.28. The van der Waals surface area contributed by atoms with E-state index in [1.807, 2.05) is 31.4 Å². The van der Waals surface area contributed by atoms with Gasteiger partial charge in [0.1, 0.15) is 0 Å². The number of hydrogen-bond acceptors (Lipinski definition) is 3. The third kappa shape index (κ3) is 2.98. The van der Waals surface area contributed by atoms with Crippen molar-refractivity contribution in [3.05, 3.63) is 23.8 Å². The van der Waals surface area contributed by atoms with Crippen molar-refractivity contribution in [2.75, 3.05) is 14.2 Å². The molecule has 3 nitrogen and oxygen atoms in total. The lowest BCUT2D eigenvalue weighted by molar-refractivity contribution is 0.354. The Hall–Kier alpha value is -1.51. The molecule has 15 heavy (non-hydrogen) atoms. The molecule has 1 atom stereocenters. The van der Waals surface area contributed by atoms with E-state index in [1.54, 1.807) is 14.2 Å². The summed E-state index contributed by atoms with van der Waals surface area (Å²) in [5.41, 5.74) is 1.04. The second kappa shape index (κ2) is 5.39. The Labute approximate surface area is 90.0 Å². The molecule has 1 unspecified atom stereocenters. The molecule has 1 rings (SSSR count). The van der Waals surface area contributed by atoms with Crippen molar-refractivity contribution in [2.24, 2.45) is 5.92 Å². The van der Waals surface area contributed by atoms with E-state index in [0.29, 0.717) is 17.9 Å². The SMILES string of the molecule is COc1ccc(CC(C)[C]=O)cc1OC. The van der Waals surface area contributed by atoms with E-state index < -0.39 is 0 Å². The van der Waals surface area contributed by atoms with Crippen LogP contribution in [0.25, 0.3) is 0 Å². The summed E-state index contributed by atoms with van der Waals surface area (Å²) >= 11 is 0. The van der Waals surface area contributed by atoms with Crippen LogP contribution in [0.3, 0.4) is 0 Å². The molecule has 1 radical (unpaired) electrons. The molecule has 0 heterocycles. The van der Waals surface area contributed by atoms with Crippen LogP contribution in [0.1, 0.15) is 12.5 Å². The van der Waals surface area contributed by atoms with Crippen molar-refractivity contribution in [1.29, 1.82) is 0 Å². The summed E-state index contributed by atoms with van der Waals surface area (Å²) in [5.74, 6) is 1.29. The lowest BCUT2D eigenvalue weighted by Gasteiger charge is -2.10. The van der Waals surface area contributed by atoms with Gasteiger partial charge >= 0.3 is 0 Å². The number of rotatable bonds is 5. The molecule has 0 saturated heterocycles. The number of benzene rings is 1. The fourth-order valence-corrected chi connectivity index (χ4v) is 1.40. The van der Waals surface area contributed by atoms with Crippen LogP contribution in [0.2, 0.25) is 0 Å². The van der Waals surface area contributed by atoms with Crippen LogP contribution in [-0.2, 0) is 11.2 Å². The highest BCUT2D eigenvalue weighted by Gasteiger charge is 2.07. The predicted octanol–water partition coefficient (Wildman–Crippen LogP) is 1.99. The van der Waals surface area contributed by atoms with Gasteiger partial charge < -0.3 is 9.47 Å². The Morgan fingerprint density at radius 2 is 1.93 bits per heavy atom. The highest BCUT2D eigenvalue weighted by molar-refractivity contribution is 5.55. The number of hydrogen-bond donors (Lipinski definition) is 0. The first-order chi connectivity index (χ1) is 7.21.